The molecule has 2 aromatic carbocycles. The number of aliphatic hydroxyl groups excluding tert-OH is 1. The normalized spacial score (nSPS) is 12.3. The Labute approximate surface area is 135 Å². The van der Waals surface area contributed by atoms with Gasteiger partial charge in [-0.15, -0.1) is 0 Å². The summed E-state index contributed by atoms with van der Waals surface area (Å²) in [6.45, 7) is 1.99. The summed E-state index contributed by atoms with van der Waals surface area (Å²) in [5, 5.41) is 10.5. The standard InChI is InChI=1S/C15H14BrIO2/c1-9-7-14(19-2)12(8-13(9)16)15(18)10-3-5-11(17)6-4-10/h3-8,15,18H,1-2H3. The van der Waals surface area contributed by atoms with E-state index in [2.05, 4.69) is 38.5 Å². The smallest absolute Gasteiger partial charge is 0.125 e. The molecule has 4 heteroatoms. The Morgan fingerprint density at radius 1 is 1.21 bits per heavy atom. The number of halogens is 2. The lowest BCUT2D eigenvalue weighted by Crippen LogP contribution is -2.03. The Balaban J connectivity index is 2.45. The topological polar surface area (TPSA) is 29.5 Å². The first kappa shape index (κ1) is 14.8. The van der Waals surface area contributed by atoms with Crippen LogP contribution in [-0.2, 0) is 0 Å². The molecule has 100 valence electrons. The van der Waals surface area contributed by atoms with E-state index in [1.807, 2.05) is 43.3 Å². The zero-order valence-electron chi connectivity index (χ0n) is 10.7. The Morgan fingerprint density at radius 2 is 1.84 bits per heavy atom. The van der Waals surface area contributed by atoms with Gasteiger partial charge in [0.25, 0.3) is 0 Å². The van der Waals surface area contributed by atoms with Crippen molar-refractivity contribution in [2.24, 2.45) is 0 Å². The summed E-state index contributed by atoms with van der Waals surface area (Å²) in [5.41, 5.74) is 2.70. The number of methoxy groups -OCH3 is 1. The summed E-state index contributed by atoms with van der Waals surface area (Å²) in [6, 6.07) is 11.7. The molecule has 1 unspecified atom stereocenters. The third kappa shape index (κ3) is 3.30. The third-order valence-electron chi connectivity index (χ3n) is 2.99. The predicted octanol–water partition coefficient (Wildman–Crippen LogP) is 4.45. The van der Waals surface area contributed by atoms with Crippen molar-refractivity contribution in [3.05, 3.63) is 61.1 Å². The molecule has 2 rings (SSSR count). The lowest BCUT2D eigenvalue weighted by atomic mass is 9.99. The summed E-state index contributed by atoms with van der Waals surface area (Å²) in [7, 11) is 1.62. The summed E-state index contributed by atoms with van der Waals surface area (Å²) >= 11 is 5.74. The van der Waals surface area contributed by atoms with Gasteiger partial charge < -0.3 is 9.84 Å². The third-order valence-corrected chi connectivity index (χ3v) is 4.56. The number of hydrogen-bond acceptors (Lipinski definition) is 2. The molecular formula is C15H14BrIO2. The van der Waals surface area contributed by atoms with Gasteiger partial charge in [0.2, 0.25) is 0 Å². The summed E-state index contributed by atoms with van der Waals surface area (Å²) in [4.78, 5) is 0. The van der Waals surface area contributed by atoms with Crippen LogP contribution in [0.3, 0.4) is 0 Å². The van der Waals surface area contributed by atoms with Gasteiger partial charge in [0, 0.05) is 13.6 Å². The summed E-state index contributed by atoms with van der Waals surface area (Å²) < 4.78 is 7.47. The van der Waals surface area contributed by atoms with Crippen molar-refractivity contribution in [1.82, 2.24) is 0 Å². The second-order valence-corrected chi connectivity index (χ2v) is 6.40. The molecule has 0 aliphatic carbocycles. The lowest BCUT2D eigenvalue weighted by molar-refractivity contribution is 0.214. The van der Waals surface area contributed by atoms with Crippen LogP contribution in [0, 0.1) is 10.5 Å². The van der Waals surface area contributed by atoms with Crippen molar-refractivity contribution in [3.8, 4) is 5.75 Å². The van der Waals surface area contributed by atoms with Crippen LogP contribution in [0.2, 0.25) is 0 Å². The Kier molecular flexibility index (Phi) is 4.86. The van der Waals surface area contributed by atoms with Crippen LogP contribution < -0.4 is 4.74 Å². The number of aryl methyl sites for hydroxylation is 1. The molecule has 0 aromatic heterocycles. The van der Waals surface area contributed by atoms with E-state index in [9.17, 15) is 5.11 Å². The maximum Gasteiger partial charge on any atom is 0.125 e. The summed E-state index contributed by atoms with van der Waals surface area (Å²) in [5.74, 6) is 0.701. The Bertz CT molecular complexity index is 581. The van der Waals surface area contributed by atoms with Crippen LogP contribution >= 0.6 is 38.5 Å². The zero-order valence-corrected chi connectivity index (χ0v) is 14.4. The lowest BCUT2D eigenvalue weighted by Gasteiger charge is -2.17. The molecule has 0 aliphatic heterocycles. The maximum atomic E-state index is 10.5. The van der Waals surface area contributed by atoms with E-state index >= 15 is 0 Å². The molecule has 0 radical (unpaired) electrons. The highest BCUT2D eigenvalue weighted by Crippen LogP contribution is 2.34. The highest BCUT2D eigenvalue weighted by molar-refractivity contribution is 14.1. The second kappa shape index (κ2) is 6.24. The minimum Gasteiger partial charge on any atom is -0.496 e. The minimum absolute atomic E-state index is 0.691. The van der Waals surface area contributed by atoms with Gasteiger partial charge >= 0.3 is 0 Å². The van der Waals surface area contributed by atoms with E-state index in [4.69, 9.17) is 4.74 Å². The van der Waals surface area contributed by atoms with E-state index in [-0.39, 0.29) is 0 Å². The highest BCUT2D eigenvalue weighted by atomic mass is 127. The molecule has 1 N–H and O–H groups in total. The van der Waals surface area contributed by atoms with Gasteiger partial charge in [-0.25, -0.2) is 0 Å². The van der Waals surface area contributed by atoms with E-state index in [1.54, 1.807) is 7.11 Å². The van der Waals surface area contributed by atoms with Crippen LogP contribution in [0.5, 0.6) is 5.75 Å². The van der Waals surface area contributed by atoms with E-state index in [0.29, 0.717) is 5.75 Å². The van der Waals surface area contributed by atoms with Gasteiger partial charge in [0.05, 0.1) is 7.11 Å². The van der Waals surface area contributed by atoms with Crippen molar-refractivity contribution >= 4 is 38.5 Å². The number of benzene rings is 2. The van der Waals surface area contributed by atoms with Crippen molar-refractivity contribution in [2.75, 3.05) is 7.11 Å². The van der Waals surface area contributed by atoms with E-state index < -0.39 is 6.10 Å². The quantitative estimate of drug-likeness (QED) is 0.726. The average molecular weight is 433 g/mol. The monoisotopic (exact) mass is 432 g/mol. The highest BCUT2D eigenvalue weighted by Gasteiger charge is 2.17. The zero-order chi connectivity index (χ0) is 14.0. The summed E-state index contributed by atoms with van der Waals surface area (Å²) in [6.07, 6.45) is -0.691. The first-order valence-corrected chi connectivity index (χ1v) is 7.67. The van der Waals surface area contributed by atoms with Gasteiger partial charge in [-0.3, -0.25) is 0 Å². The molecule has 19 heavy (non-hydrogen) atoms. The number of rotatable bonds is 3. The molecule has 0 fully saturated rings. The van der Waals surface area contributed by atoms with Crippen molar-refractivity contribution in [3.63, 3.8) is 0 Å². The Hall–Kier alpha value is -0.590. The molecule has 0 saturated carbocycles. The molecule has 0 saturated heterocycles. The molecule has 2 aromatic rings. The van der Waals surface area contributed by atoms with Gasteiger partial charge in [0.1, 0.15) is 11.9 Å². The minimum atomic E-state index is -0.691. The fourth-order valence-electron chi connectivity index (χ4n) is 1.89. The van der Waals surface area contributed by atoms with Crippen LogP contribution in [0.15, 0.2) is 40.9 Å². The first-order chi connectivity index (χ1) is 9.02. The molecule has 0 spiro atoms. The van der Waals surface area contributed by atoms with Crippen LogP contribution in [-0.4, -0.2) is 12.2 Å². The number of ether oxygens (including phenoxy) is 1. The van der Waals surface area contributed by atoms with Crippen LogP contribution in [0.25, 0.3) is 0 Å². The number of hydrogen-bond donors (Lipinski definition) is 1. The van der Waals surface area contributed by atoms with E-state index in [0.717, 1.165) is 24.7 Å². The fraction of sp³-hybridized carbons (Fsp3) is 0.200. The molecule has 0 amide bonds. The van der Waals surface area contributed by atoms with Gasteiger partial charge in [-0.1, -0.05) is 28.1 Å². The maximum absolute atomic E-state index is 10.5. The largest absolute Gasteiger partial charge is 0.496 e. The first-order valence-electron chi connectivity index (χ1n) is 5.80. The van der Waals surface area contributed by atoms with Crippen molar-refractivity contribution in [1.29, 1.82) is 0 Å². The van der Waals surface area contributed by atoms with Crippen LogP contribution in [0.1, 0.15) is 22.8 Å². The number of aliphatic hydroxyl groups is 1. The SMILES string of the molecule is COc1cc(C)c(Br)cc1C(O)c1ccc(I)cc1. The molecule has 0 heterocycles. The fourth-order valence-corrected chi connectivity index (χ4v) is 2.61. The predicted molar refractivity (Wildman–Crippen MR) is 88.7 cm³/mol. The molecule has 0 aliphatic rings. The van der Waals surface area contributed by atoms with E-state index in [1.165, 1.54) is 0 Å². The second-order valence-electron chi connectivity index (χ2n) is 4.30. The van der Waals surface area contributed by atoms with Crippen molar-refractivity contribution < 1.29 is 9.84 Å². The molecule has 1 atom stereocenters. The van der Waals surface area contributed by atoms with Gasteiger partial charge in [0.15, 0.2) is 0 Å². The van der Waals surface area contributed by atoms with Crippen molar-refractivity contribution in [2.45, 2.75) is 13.0 Å². The van der Waals surface area contributed by atoms with Gasteiger partial charge in [-0.05, 0) is 64.9 Å². The Morgan fingerprint density at radius 3 is 2.42 bits per heavy atom. The molecule has 0 bridgehead atoms. The van der Waals surface area contributed by atoms with Gasteiger partial charge in [-0.2, -0.15) is 0 Å². The van der Waals surface area contributed by atoms with Crippen LogP contribution in [0.4, 0.5) is 0 Å². The molecular weight excluding hydrogens is 419 g/mol. The average Bonchev–Trinajstić information content (AvgIpc) is 2.41. The molecule has 2 nitrogen and oxygen atoms in total.